The highest BCUT2D eigenvalue weighted by Gasteiger charge is 2.22. The van der Waals surface area contributed by atoms with Gasteiger partial charge in [-0.05, 0) is 77.9 Å². The van der Waals surface area contributed by atoms with Crippen LogP contribution in [0.1, 0.15) is 0 Å². The third-order valence-electron chi connectivity index (χ3n) is 11.1. The monoisotopic (exact) mass is 689 g/mol. The molecular formula is C49H27N3O2. The topological polar surface area (TPSA) is 40.5 Å². The molecule has 0 spiro atoms. The molecule has 4 heterocycles. The zero-order chi connectivity index (χ0) is 35.5. The van der Waals surface area contributed by atoms with Crippen molar-refractivity contribution in [2.45, 2.75) is 0 Å². The fourth-order valence-corrected chi connectivity index (χ4v) is 8.89. The Bertz CT molecular complexity index is 3590. The van der Waals surface area contributed by atoms with E-state index in [9.17, 15) is 0 Å². The molecule has 12 rings (SSSR count). The maximum absolute atomic E-state index is 8.26. The summed E-state index contributed by atoms with van der Waals surface area (Å²) in [5.41, 5.74) is 12.4. The number of para-hydroxylation sites is 4. The molecule has 0 atom stereocenters. The number of furan rings is 2. The SMILES string of the molecule is [C-]#[N+]c1ccc(-c2cccc(-n3c4ccccc4c4c5c(ccc43)oc3ccccc35)c2)cc1-n1c2ccccc2c2c3c(ccc21)oc1ccccc13. The highest BCUT2D eigenvalue weighted by atomic mass is 16.3. The van der Waals surface area contributed by atoms with Gasteiger partial charge in [0.1, 0.15) is 22.3 Å². The third-order valence-corrected chi connectivity index (χ3v) is 11.1. The van der Waals surface area contributed by atoms with Crippen molar-refractivity contribution in [2.75, 3.05) is 0 Å². The number of fused-ring (bicyclic) bond motifs is 14. The number of benzene rings is 8. The summed E-state index contributed by atoms with van der Waals surface area (Å²) >= 11 is 0. The summed E-state index contributed by atoms with van der Waals surface area (Å²) in [5, 5.41) is 9.06. The fraction of sp³-hybridized carbons (Fsp3) is 0. The summed E-state index contributed by atoms with van der Waals surface area (Å²) in [4.78, 5) is 4.04. The predicted molar refractivity (Wildman–Crippen MR) is 221 cm³/mol. The zero-order valence-corrected chi connectivity index (χ0v) is 28.7. The van der Waals surface area contributed by atoms with Gasteiger partial charge >= 0.3 is 0 Å². The lowest BCUT2D eigenvalue weighted by Crippen LogP contribution is -1.96. The molecule has 0 aliphatic heterocycles. The molecule has 54 heavy (non-hydrogen) atoms. The van der Waals surface area contributed by atoms with Gasteiger partial charge in [-0.15, -0.1) is 0 Å². The van der Waals surface area contributed by atoms with E-state index in [0.29, 0.717) is 5.69 Å². The first-order chi connectivity index (χ1) is 26.7. The molecule has 0 amide bonds. The van der Waals surface area contributed by atoms with Crippen molar-refractivity contribution in [1.82, 2.24) is 9.13 Å². The highest BCUT2D eigenvalue weighted by molar-refractivity contribution is 6.28. The molecule has 5 heteroatoms. The van der Waals surface area contributed by atoms with Gasteiger partial charge in [-0.3, -0.25) is 0 Å². The molecule has 4 aromatic heterocycles. The first kappa shape index (κ1) is 29.1. The largest absolute Gasteiger partial charge is 0.456 e. The smallest absolute Gasteiger partial charge is 0.210 e. The van der Waals surface area contributed by atoms with E-state index in [-0.39, 0.29) is 0 Å². The summed E-state index contributed by atoms with van der Waals surface area (Å²) in [6, 6.07) is 57.0. The molecule has 0 unspecified atom stereocenters. The molecule has 0 saturated heterocycles. The summed E-state index contributed by atoms with van der Waals surface area (Å²) in [5.74, 6) is 0. The molecule has 0 aliphatic carbocycles. The molecular weight excluding hydrogens is 663 g/mol. The standard InChI is InChI=1S/C49H27N3O2/c1-50-36-22-21-30(28-41(36)52-38-18-7-3-14-33(38)47-40(52)24-26-45-49(47)35-16-5-9-20-43(35)54-45)29-11-10-12-31(27-29)51-37-17-6-2-13-32(37)46-39(51)23-25-44-48(46)34-15-4-8-19-42(34)53-44/h2-28H. The van der Waals surface area contributed by atoms with Gasteiger partial charge in [-0.2, -0.15) is 0 Å². The van der Waals surface area contributed by atoms with Crippen LogP contribution in [-0.4, -0.2) is 9.13 Å². The lowest BCUT2D eigenvalue weighted by Gasteiger charge is -2.14. The van der Waals surface area contributed by atoms with Gasteiger partial charge in [0, 0.05) is 48.8 Å². The molecule has 0 aliphatic rings. The van der Waals surface area contributed by atoms with Crippen LogP contribution < -0.4 is 0 Å². The van der Waals surface area contributed by atoms with Gasteiger partial charge in [-0.25, -0.2) is 4.85 Å². The molecule has 12 aromatic rings. The second-order valence-corrected chi connectivity index (χ2v) is 13.9. The lowest BCUT2D eigenvalue weighted by atomic mass is 10.0. The Morgan fingerprint density at radius 2 is 0.926 bits per heavy atom. The van der Waals surface area contributed by atoms with E-state index >= 15 is 0 Å². The first-order valence-corrected chi connectivity index (χ1v) is 18.0. The molecule has 0 bridgehead atoms. The van der Waals surface area contributed by atoms with Crippen molar-refractivity contribution in [2.24, 2.45) is 0 Å². The molecule has 250 valence electrons. The summed E-state index contributed by atoms with van der Waals surface area (Å²) in [6.07, 6.45) is 0. The fourth-order valence-electron chi connectivity index (χ4n) is 8.89. The van der Waals surface area contributed by atoms with Crippen LogP contribution >= 0.6 is 0 Å². The Hall–Kier alpha value is -7.55. The Morgan fingerprint density at radius 1 is 0.389 bits per heavy atom. The van der Waals surface area contributed by atoms with Crippen LogP contribution in [0.3, 0.4) is 0 Å². The van der Waals surface area contributed by atoms with Crippen molar-refractivity contribution in [3.8, 4) is 22.5 Å². The molecule has 0 radical (unpaired) electrons. The van der Waals surface area contributed by atoms with Crippen LogP contribution in [0.25, 0.3) is 115 Å². The van der Waals surface area contributed by atoms with Crippen LogP contribution in [0.4, 0.5) is 5.69 Å². The summed E-state index contributed by atoms with van der Waals surface area (Å²) < 4.78 is 17.2. The minimum atomic E-state index is 0.591. The molecule has 5 nitrogen and oxygen atoms in total. The maximum atomic E-state index is 8.26. The van der Waals surface area contributed by atoms with E-state index in [0.717, 1.165) is 99.2 Å². The number of rotatable bonds is 3. The second kappa shape index (κ2) is 10.7. The van der Waals surface area contributed by atoms with Gasteiger partial charge in [0.2, 0.25) is 5.69 Å². The highest BCUT2D eigenvalue weighted by Crippen LogP contribution is 2.44. The first-order valence-electron chi connectivity index (χ1n) is 18.0. The minimum Gasteiger partial charge on any atom is -0.456 e. The van der Waals surface area contributed by atoms with E-state index < -0.39 is 0 Å². The van der Waals surface area contributed by atoms with Crippen molar-refractivity contribution in [3.05, 3.63) is 175 Å². The van der Waals surface area contributed by atoms with Gasteiger partial charge in [0.15, 0.2) is 0 Å². The molecule has 0 saturated carbocycles. The number of nitrogens with zero attached hydrogens (tertiary/aromatic N) is 3. The Morgan fingerprint density at radius 3 is 1.56 bits per heavy atom. The number of aromatic nitrogens is 2. The van der Waals surface area contributed by atoms with Crippen molar-refractivity contribution in [1.29, 1.82) is 0 Å². The van der Waals surface area contributed by atoms with E-state index in [4.69, 9.17) is 15.4 Å². The van der Waals surface area contributed by atoms with E-state index in [1.807, 2.05) is 30.3 Å². The van der Waals surface area contributed by atoms with Gasteiger partial charge in [0.05, 0.1) is 34.3 Å². The van der Waals surface area contributed by atoms with Gasteiger partial charge < -0.3 is 18.0 Å². The number of hydrogen-bond acceptors (Lipinski definition) is 2. The van der Waals surface area contributed by atoms with Crippen molar-refractivity contribution in [3.63, 3.8) is 0 Å². The summed E-state index contributed by atoms with van der Waals surface area (Å²) in [7, 11) is 0. The van der Waals surface area contributed by atoms with Crippen LogP contribution in [0.5, 0.6) is 0 Å². The van der Waals surface area contributed by atoms with Gasteiger partial charge in [-0.1, -0.05) is 97.1 Å². The van der Waals surface area contributed by atoms with E-state index in [1.165, 1.54) is 10.8 Å². The van der Waals surface area contributed by atoms with Crippen LogP contribution in [0.2, 0.25) is 0 Å². The number of hydrogen-bond donors (Lipinski definition) is 0. The Labute approximate surface area is 307 Å². The Kier molecular flexibility index (Phi) is 5.78. The van der Waals surface area contributed by atoms with E-state index in [1.54, 1.807) is 0 Å². The summed E-state index contributed by atoms with van der Waals surface area (Å²) in [6.45, 7) is 8.26. The van der Waals surface area contributed by atoms with Gasteiger partial charge in [0.25, 0.3) is 0 Å². The molecule has 8 aromatic carbocycles. The molecule has 0 N–H and O–H groups in total. The van der Waals surface area contributed by atoms with Crippen LogP contribution in [0, 0.1) is 6.57 Å². The van der Waals surface area contributed by atoms with Crippen molar-refractivity contribution < 1.29 is 8.83 Å². The quantitative estimate of drug-likeness (QED) is 0.173. The van der Waals surface area contributed by atoms with Crippen molar-refractivity contribution >= 4 is 93.2 Å². The normalized spacial score (nSPS) is 12.1. The zero-order valence-electron chi connectivity index (χ0n) is 28.7. The average molecular weight is 690 g/mol. The van der Waals surface area contributed by atoms with Crippen LogP contribution in [-0.2, 0) is 0 Å². The van der Waals surface area contributed by atoms with E-state index in [2.05, 4.69) is 147 Å². The Balaban J connectivity index is 1.09. The molecule has 0 fully saturated rings. The second-order valence-electron chi connectivity index (χ2n) is 13.9. The minimum absolute atomic E-state index is 0.591. The average Bonchev–Trinajstić information content (AvgIpc) is 3.98. The maximum Gasteiger partial charge on any atom is 0.210 e. The lowest BCUT2D eigenvalue weighted by molar-refractivity contribution is 0.669. The third kappa shape index (κ3) is 3.86. The predicted octanol–water partition coefficient (Wildman–Crippen LogP) is 13.9. The van der Waals surface area contributed by atoms with Crippen LogP contribution in [0.15, 0.2) is 173 Å².